The Labute approximate surface area is 116 Å². The van der Waals surface area contributed by atoms with Crippen molar-refractivity contribution in [1.82, 2.24) is 10.2 Å². The first kappa shape index (κ1) is 13.3. The fourth-order valence-corrected chi connectivity index (χ4v) is 2.88. The van der Waals surface area contributed by atoms with Crippen molar-refractivity contribution in [3.63, 3.8) is 0 Å². The highest BCUT2D eigenvalue weighted by atomic mass is 35.5. The van der Waals surface area contributed by atoms with Crippen LogP contribution in [0.3, 0.4) is 0 Å². The van der Waals surface area contributed by atoms with Crippen molar-refractivity contribution < 1.29 is 0 Å². The van der Waals surface area contributed by atoms with Crippen LogP contribution >= 0.6 is 22.9 Å². The molecule has 2 rings (SSSR count). The van der Waals surface area contributed by atoms with Crippen LogP contribution in [-0.2, 0) is 0 Å². The molecule has 2 heterocycles. The lowest BCUT2D eigenvalue weighted by atomic mass is 10.1. The number of anilines is 1. The van der Waals surface area contributed by atoms with Gasteiger partial charge in [0, 0.05) is 6.54 Å². The molecule has 0 saturated heterocycles. The highest BCUT2D eigenvalue weighted by Gasteiger charge is 2.14. The summed E-state index contributed by atoms with van der Waals surface area (Å²) in [7, 11) is 0. The van der Waals surface area contributed by atoms with Crippen LogP contribution in [0.1, 0.15) is 24.5 Å². The van der Waals surface area contributed by atoms with Gasteiger partial charge in [0.15, 0.2) is 5.82 Å². The first-order valence-corrected chi connectivity index (χ1v) is 7.22. The van der Waals surface area contributed by atoms with Crippen molar-refractivity contribution in [2.24, 2.45) is 0 Å². The van der Waals surface area contributed by atoms with Gasteiger partial charge < -0.3 is 5.32 Å². The van der Waals surface area contributed by atoms with Gasteiger partial charge in [0.25, 0.3) is 0 Å². The van der Waals surface area contributed by atoms with Gasteiger partial charge in [0.05, 0.1) is 9.90 Å². The quantitative estimate of drug-likeness (QED) is 0.908. The maximum absolute atomic E-state index is 6.15. The van der Waals surface area contributed by atoms with Crippen LogP contribution in [0, 0.1) is 13.8 Å². The second-order valence-corrected chi connectivity index (χ2v) is 5.49. The zero-order valence-corrected chi connectivity index (χ0v) is 12.3. The van der Waals surface area contributed by atoms with Gasteiger partial charge in [-0.05, 0) is 42.8 Å². The zero-order chi connectivity index (χ0) is 13.1. The summed E-state index contributed by atoms with van der Waals surface area (Å²) in [5.74, 6) is 0.866. The van der Waals surface area contributed by atoms with E-state index < -0.39 is 0 Å². The molecule has 0 radical (unpaired) electrons. The van der Waals surface area contributed by atoms with Crippen molar-refractivity contribution in [3.8, 4) is 10.6 Å². The predicted octanol–water partition coefficient (Wildman–Crippen LogP) is 4.30. The Bertz CT molecular complexity index is 551. The summed E-state index contributed by atoms with van der Waals surface area (Å²) in [5, 5.41) is 14.6. The maximum atomic E-state index is 6.15. The van der Waals surface area contributed by atoms with E-state index in [4.69, 9.17) is 11.6 Å². The molecular formula is C13H16ClN3S. The van der Waals surface area contributed by atoms with E-state index in [2.05, 4.69) is 36.3 Å². The van der Waals surface area contributed by atoms with Gasteiger partial charge in [-0.25, -0.2) is 0 Å². The molecule has 5 heteroatoms. The molecule has 0 spiro atoms. The maximum Gasteiger partial charge on any atom is 0.151 e. The molecule has 0 saturated carbocycles. The largest absolute Gasteiger partial charge is 0.368 e. The third-order valence-corrected chi connectivity index (χ3v) is 4.25. The van der Waals surface area contributed by atoms with Gasteiger partial charge in [-0.15, -0.1) is 21.5 Å². The minimum Gasteiger partial charge on any atom is -0.368 e. The van der Waals surface area contributed by atoms with Crippen molar-refractivity contribution in [1.29, 1.82) is 0 Å². The van der Waals surface area contributed by atoms with Crippen LogP contribution in [0.2, 0.25) is 5.02 Å². The second-order valence-electron chi connectivity index (χ2n) is 4.17. The molecule has 3 nitrogen and oxygen atoms in total. The topological polar surface area (TPSA) is 37.8 Å². The molecule has 0 atom stereocenters. The predicted molar refractivity (Wildman–Crippen MR) is 78.6 cm³/mol. The lowest BCUT2D eigenvalue weighted by molar-refractivity contribution is 0.933. The smallest absolute Gasteiger partial charge is 0.151 e. The van der Waals surface area contributed by atoms with Crippen molar-refractivity contribution in [3.05, 3.63) is 27.6 Å². The standard InChI is InChI=1S/C13H16ClN3S/c1-4-6-15-13-9(3)8(2)11(16-17-13)12-10(14)5-7-18-12/h5,7H,4,6H2,1-3H3,(H,15,17). The number of nitrogens with one attached hydrogen (secondary N) is 1. The van der Waals surface area contributed by atoms with Crippen LogP contribution in [0.4, 0.5) is 5.82 Å². The first-order chi connectivity index (χ1) is 8.65. The summed E-state index contributed by atoms with van der Waals surface area (Å²) >= 11 is 7.74. The molecule has 0 aliphatic rings. The lowest BCUT2D eigenvalue weighted by Gasteiger charge is -2.11. The number of hydrogen-bond acceptors (Lipinski definition) is 4. The number of rotatable bonds is 4. The molecule has 0 aliphatic heterocycles. The van der Waals surface area contributed by atoms with Gasteiger partial charge in [-0.2, -0.15) is 0 Å². The normalized spacial score (nSPS) is 10.7. The van der Waals surface area contributed by atoms with Gasteiger partial charge in [-0.3, -0.25) is 0 Å². The third kappa shape index (κ3) is 2.49. The molecule has 0 fully saturated rings. The Morgan fingerprint density at radius 3 is 2.67 bits per heavy atom. The lowest BCUT2D eigenvalue weighted by Crippen LogP contribution is -2.07. The summed E-state index contributed by atoms with van der Waals surface area (Å²) in [6.45, 7) is 7.16. The average molecular weight is 282 g/mol. The van der Waals surface area contributed by atoms with E-state index >= 15 is 0 Å². The van der Waals surface area contributed by atoms with Gasteiger partial charge in [0.2, 0.25) is 0 Å². The van der Waals surface area contributed by atoms with Crippen LogP contribution in [0.5, 0.6) is 0 Å². The first-order valence-electron chi connectivity index (χ1n) is 5.96. The van der Waals surface area contributed by atoms with E-state index in [1.54, 1.807) is 11.3 Å². The molecule has 18 heavy (non-hydrogen) atoms. The molecule has 2 aromatic rings. The van der Waals surface area contributed by atoms with Gasteiger partial charge >= 0.3 is 0 Å². The van der Waals surface area contributed by atoms with Crippen molar-refractivity contribution >= 4 is 28.8 Å². The fraction of sp³-hybridized carbons (Fsp3) is 0.385. The Morgan fingerprint density at radius 1 is 1.28 bits per heavy atom. The summed E-state index contributed by atoms with van der Waals surface area (Å²) in [6, 6.07) is 1.89. The highest BCUT2D eigenvalue weighted by Crippen LogP contribution is 2.35. The Hall–Kier alpha value is -1.13. The summed E-state index contributed by atoms with van der Waals surface area (Å²) in [5.41, 5.74) is 3.15. The van der Waals surface area contributed by atoms with Crippen LogP contribution < -0.4 is 5.32 Å². The van der Waals surface area contributed by atoms with E-state index in [0.717, 1.165) is 45.5 Å². The zero-order valence-electron chi connectivity index (χ0n) is 10.7. The van der Waals surface area contributed by atoms with Gasteiger partial charge in [-0.1, -0.05) is 18.5 Å². The molecule has 0 bridgehead atoms. The molecule has 2 aromatic heterocycles. The monoisotopic (exact) mass is 281 g/mol. The summed E-state index contributed by atoms with van der Waals surface area (Å²) in [6.07, 6.45) is 1.07. The van der Waals surface area contributed by atoms with E-state index in [9.17, 15) is 0 Å². The molecule has 96 valence electrons. The van der Waals surface area contributed by atoms with E-state index in [1.807, 2.05) is 11.4 Å². The summed E-state index contributed by atoms with van der Waals surface area (Å²) < 4.78 is 0. The second kappa shape index (κ2) is 5.67. The third-order valence-electron chi connectivity index (χ3n) is 2.90. The van der Waals surface area contributed by atoms with E-state index in [-0.39, 0.29) is 0 Å². The molecular weight excluding hydrogens is 266 g/mol. The van der Waals surface area contributed by atoms with Crippen LogP contribution in [-0.4, -0.2) is 16.7 Å². The molecule has 0 amide bonds. The highest BCUT2D eigenvalue weighted by molar-refractivity contribution is 7.14. The Morgan fingerprint density at radius 2 is 2.06 bits per heavy atom. The number of halogens is 1. The number of nitrogens with zero attached hydrogens (tertiary/aromatic N) is 2. The van der Waals surface area contributed by atoms with Crippen LogP contribution in [0.15, 0.2) is 11.4 Å². The molecule has 0 aliphatic carbocycles. The van der Waals surface area contributed by atoms with Gasteiger partial charge in [0.1, 0.15) is 5.69 Å². The average Bonchev–Trinajstić information content (AvgIpc) is 2.77. The molecule has 0 unspecified atom stereocenters. The molecule has 1 N–H and O–H groups in total. The number of aromatic nitrogens is 2. The van der Waals surface area contributed by atoms with E-state index in [0.29, 0.717) is 0 Å². The van der Waals surface area contributed by atoms with Crippen molar-refractivity contribution in [2.75, 3.05) is 11.9 Å². The Kier molecular flexibility index (Phi) is 4.19. The van der Waals surface area contributed by atoms with E-state index in [1.165, 1.54) is 0 Å². The summed E-state index contributed by atoms with van der Waals surface area (Å²) in [4.78, 5) is 0.992. The van der Waals surface area contributed by atoms with Crippen LogP contribution in [0.25, 0.3) is 10.6 Å². The minimum absolute atomic E-state index is 0.742. The Balaban J connectivity index is 2.41. The molecule has 0 aromatic carbocycles. The number of hydrogen-bond donors (Lipinski definition) is 1. The SMILES string of the molecule is CCCNc1nnc(-c2sccc2Cl)c(C)c1C. The van der Waals surface area contributed by atoms with Crippen molar-refractivity contribution in [2.45, 2.75) is 27.2 Å². The fourth-order valence-electron chi connectivity index (χ4n) is 1.69. The minimum atomic E-state index is 0.742. The number of thiophene rings is 1.